The molecule has 100 heavy (non-hydrogen) atoms. The van der Waals surface area contributed by atoms with Gasteiger partial charge in [0, 0.05) is 24.9 Å². The van der Waals surface area contributed by atoms with Crippen LogP contribution in [0.5, 0.6) is 0 Å². The van der Waals surface area contributed by atoms with E-state index >= 15 is 0 Å². The van der Waals surface area contributed by atoms with Gasteiger partial charge in [-0.1, -0.05) is 61.8 Å². The number of nitrogens with zero attached hydrogens (tertiary/aromatic N) is 1. The molecule has 5 atom stereocenters. The quantitative estimate of drug-likeness (QED) is 0.0964. The number of carbonyl (C=O) groups excluding carboxylic acids is 5. The van der Waals surface area contributed by atoms with Crippen molar-refractivity contribution in [2.75, 3.05) is 20.2 Å². The zero-order chi connectivity index (χ0) is 72.8. The number of esters is 4. The lowest BCUT2D eigenvalue weighted by atomic mass is 9.49. The highest BCUT2D eigenvalue weighted by Gasteiger charge is 2.69. The summed E-state index contributed by atoms with van der Waals surface area (Å²) in [4.78, 5) is 63.9. The monoisotopic (exact) mass is 1390 g/mol. The third kappa shape index (κ3) is 15.3. The van der Waals surface area contributed by atoms with Crippen molar-refractivity contribution < 1.29 is 47.7 Å². The maximum atomic E-state index is 12.8. The number of amides is 1. The van der Waals surface area contributed by atoms with E-state index in [0.717, 1.165) is 129 Å². The first kappa shape index (κ1) is 78.2. The fraction of sp³-hybridized carbons (Fsp3) is 0.944. The maximum Gasteiger partial charge on any atom is 0.410 e. The van der Waals surface area contributed by atoms with E-state index < -0.39 is 0 Å². The molecule has 0 heterocycles. The van der Waals surface area contributed by atoms with Gasteiger partial charge in [-0.15, -0.1) is 0 Å². The average molecular weight is 1390 g/mol. The van der Waals surface area contributed by atoms with E-state index in [1.54, 1.807) is 4.90 Å². The predicted octanol–water partition coefficient (Wildman–Crippen LogP) is 22.4. The molecule has 11 nitrogen and oxygen atoms in total. The smallest absolute Gasteiger partial charge is 0.410 e. The van der Waals surface area contributed by atoms with Gasteiger partial charge < -0.3 is 28.6 Å². The molecular formula is C89H149NO10. The molecule has 19 rings (SSSR count). The molecule has 0 saturated heterocycles. The summed E-state index contributed by atoms with van der Waals surface area (Å²) in [6, 6.07) is 0. The standard InChI is InChI=1S/C20H34O2.C19H33NO2.2C17H28O2.C16H26O2/c1-5-7-8-20(22-18(21)19(3,4)6-2)16-10-14-9-15(12-16)13-17(20)11-14;1-7-20(6)16(21)22-18(5)10-11-19-12-15(18)17(3,4)14(19)9-8-13(19)2;1-5-16(2,3)15(18)19-17(4)13-7-11-6-12(9-13)10-14(17)8-11;1-4-16(2,3)15(18)19-11-17-8-12-5-13(9-17)7-14(6-12)10-17;1-4-15(2,3)14(17)18-16-8-11-5-12(9-16)7-13(6-11)10-16/h14-17H,5-13H2,1-4H3;13-15H,7-12H2,1-6H3;11-14H,5-10H2,1-4H3;12-14H,4-11H2,1-3H3;11-13H,4-10H2,1-3H3/t;13-,14?,15?,18?,19?;;;/m.1.../s1. The lowest BCUT2D eigenvalue weighted by Crippen LogP contribution is -2.60. The third-order valence-electron chi connectivity index (χ3n) is 33.4. The molecule has 19 aliphatic carbocycles. The second-order valence-corrected chi connectivity index (χ2v) is 42.1. The Hall–Kier alpha value is -2.85. The molecule has 570 valence electrons. The van der Waals surface area contributed by atoms with Crippen molar-refractivity contribution in [1.29, 1.82) is 0 Å². The number of fused-ring (bicyclic) bond motifs is 1. The zero-order valence-corrected chi connectivity index (χ0v) is 67.8. The van der Waals surface area contributed by atoms with Gasteiger partial charge in [0.05, 0.1) is 28.3 Å². The minimum atomic E-state index is -0.339. The molecule has 0 aromatic carbocycles. The van der Waals surface area contributed by atoms with E-state index in [-0.39, 0.29) is 79.4 Å². The van der Waals surface area contributed by atoms with Crippen molar-refractivity contribution in [3.05, 3.63) is 0 Å². The third-order valence-corrected chi connectivity index (χ3v) is 33.4. The van der Waals surface area contributed by atoms with E-state index in [2.05, 4.69) is 69.2 Å². The van der Waals surface area contributed by atoms with Crippen LogP contribution in [-0.4, -0.2) is 77.5 Å². The van der Waals surface area contributed by atoms with Crippen LogP contribution >= 0.6 is 0 Å². The topological polar surface area (TPSA) is 135 Å². The van der Waals surface area contributed by atoms with Crippen molar-refractivity contribution in [3.63, 3.8) is 0 Å². The van der Waals surface area contributed by atoms with Crippen LogP contribution in [0, 0.1) is 139 Å². The van der Waals surface area contributed by atoms with Gasteiger partial charge in [0.15, 0.2) is 0 Å². The number of hydrogen-bond donors (Lipinski definition) is 0. The molecule has 19 fully saturated rings. The molecule has 0 aliphatic heterocycles. The van der Waals surface area contributed by atoms with Gasteiger partial charge in [0.25, 0.3) is 0 Å². The van der Waals surface area contributed by atoms with Crippen LogP contribution in [0.4, 0.5) is 4.79 Å². The summed E-state index contributed by atoms with van der Waals surface area (Å²) in [6.07, 6.45) is 42.3. The summed E-state index contributed by atoms with van der Waals surface area (Å²) in [5.74, 6) is 13.8. The summed E-state index contributed by atoms with van der Waals surface area (Å²) >= 11 is 0. The Labute approximate surface area is 610 Å². The minimum absolute atomic E-state index is 0.00532. The van der Waals surface area contributed by atoms with E-state index in [0.29, 0.717) is 53.6 Å². The first-order valence-electron chi connectivity index (χ1n) is 42.6. The van der Waals surface area contributed by atoms with E-state index in [9.17, 15) is 24.0 Å². The van der Waals surface area contributed by atoms with E-state index in [4.69, 9.17) is 23.7 Å². The number of unbranched alkanes of at least 4 members (excludes halogenated alkanes) is 1. The average Bonchev–Trinajstić information content (AvgIpc) is 1.46. The molecule has 19 aliphatic rings. The van der Waals surface area contributed by atoms with Gasteiger partial charge in [-0.25, -0.2) is 4.79 Å². The molecule has 4 unspecified atom stereocenters. The van der Waals surface area contributed by atoms with Gasteiger partial charge >= 0.3 is 30.0 Å². The lowest BCUT2D eigenvalue weighted by molar-refractivity contribution is -0.220. The van der Waals surface area contributed by atoms with E-state index in [1.807, 2.05) is 69.4 Å². The highest BCUT2D eigenvalue weighted by Crippen LogP contribution is 2.74. The normalized spacial score (nSPS) is 42.5. The molecule has 0 radical (unpaired) electrons. The highest BCUT2D eigenvalue weighted by molar-refractivity contribution is 5.78. The molecule has 0 aromatic heterocycles. The van der Waals surface area contributed by atoms with Crippen molar-refractivity contribution in [2.24, 2.45) is 139 Å². The van der Waals surface area contributed by atoms with Gasteiger partial charge in [-0.3, -0.25) is 19.2 Å². The Morgan fingerprint density at radius 2 is 0.820 bits per heavy atom. The predicted molar refractivity (Wildman–Crippen MR) is 400 cm³/mol. The maximum absolute atomic E-state index is 12.8. The van der Waals surface area contributed by atoms with Crippen LogP contribution in [0.2, 0.25) is 0 Å². The minimum Gasteiger partial charge on any atom is -0.465 e. The van der Waals surface area contributed by atoms with Gasteiger partial charge in [0.2, 0.25) is 0 Å². The lowest BCUT2D eigenvalue weighted by Gasteiger charge is -2.60. The Bertz CT molecular complexity index is 2770. The molecule has 11 heteroatoms. The Morgan fingerprint density at radius 1 is 0.430 bits per heavy atom. The molecule has 19 saturated carbocycles. The summed E-state index contributed by atoms with van der Waals surface area (Å²) < 4.78 is 30.5. The fourth-order valence-corrected chi connectivity index (χ4v) is 26.3. The van der Waals surface area contributed by atoms with E-state index in [1.165, 1.54) is 161 Å². The van der Waals surface area contributed by atoms with Crippen LogP contribution in [0.1, 0.15) is 350 Å². The molecule has 1 amide bonds. The highest BCUT2D eigenvalue weighted by atomic mass is 16.6. The summed E-state index contributed by atoms with van der Waals surface area (Å²) in [6.45, 7) is 41.8. The Morgan fingerprint density at radius 3 is 1.24 bits per heavy atom. The van der Waals surface area contributed by atoms with Crippen LogP contribution in [0.15, 0.2) is 0 Å². The Kier molecular flexibility index (Phi) is 22.7. The molecule has 0 aromatic rings. The Balaban J connectivity index is 0.000000126. The van der Waals surface area contributed by atoms with Crippen molar-refractivity contribution in [2.45, 2.75) is 372 Å². The second-order valence-electron chi connectivity index (χ2n) is 42.1. The largest absolute Gasteiger partial charge is 0.465 e. The number of ether oxygens (including phenoxy) is 5. The fourth-order valence-electron chi connectivity index (χ4n) is 26.3. The van der Waals surface area contributed by atoms with Crippen LogP contribution in [0.3, 0.4) is 0 Å². The van der Waals surface area contributed by atoms with Gasteiger partial charge in [-0.05, 0) is 394 Å². The van der Waals surface area contributed by atoms with Gasteiger partial charge in [-0.2, -0.15) is 0 Å². The van der Waals surface area contributed by atoms with Crippen molar-refractivity contribution in [1.82, 2.24) is 4.90 Å². The molecule has 1 spiro atoms. The molecular weight excluding hydrogens is 1240 g/mol. The number of carbonyl (C=O) groups is 5. The summed E-state index contributed by atoms with van der Waals surface area (Å²) in [5, 5.41) is 0. The van der Waals surface area contributed by atoms with Crippen molar-refractivity contribution >= 4 is 30.0 Å². The van der Waals surface area contributed by atoms with Crippen molar-refractivity contribution in [3.8, 4) is 0 Å². The SMILES string of the molecule is CCC(C)(C)C(=O)OC1(C)C2CC3CC(C2)CC1C3.CCC(C)(C)C(=O)OC12CC3CC(CC(C3)C1)C2.CCC(C)(C)C(=O)OCC12CC3CC(CC(C3)C1)C2.CCCCC1(OC(=O)C(C)(C)CC)C2CC3CC(C2)CC1C3.CCN(C)C(=O)OC1(C)CCC23CC1C(C)(C)C2CC[C@H]3C. The number of hydrogen-bond acceptors (Lipinski definition) is 10. The zero-order valence-electron chi connectivity index (χ0n) is 67.8. The summed E-state index contributed by atoms with van der Waals surface area (Å²) in [5.41, 5.74) is -0.801. The second kappa shape index (κ2) is 29.0. The van der Waals surface area contributed by atoms with Gasteiger partial charge in [0.1, 0.15) is 22.4 Å². The summed E-state index contributed by atoms with van der Waals surface area (Å²) in [7, 11) is 1.83. The first-order valence-corrected chi connectivity index (χ1v) is 42.6. The number of rotatable bonds is 18. The molecule has 18 bridgehead atoms. The van der Waals surface area contributed by atoms with Crippen LogP contribution < -0.4 is 0 Å². The van der Waals surface area contributed by atoms with Crippen LogP contribution in [-0.2, 0) is 42.9 Å². The first-order chi connectivity index (χ1) is 46.8. The molecule has 0 N–H and O–H groups in total. The van der Waals surface area contributed by atoms with Crippen LogP contribution in [0.25, 0.3) is 0 Å².